The van der Waals surface area contributed by atoms with Crippen molar-refractivity contribution in [1.82, 2.24) is 14.3 Å². The first-order valence-electron chi connectivity index (χ1n) is 7.35. The number of rotatable bonds is 3. The summed E-state index contributed by atoms with van der Waals surface area (Å²) in [6, 6.07) is 7.87. The van der Waals surface area contributed by atoms with Crippen molar-refractivity contribution in [3.8, 4) is 0 Å². The topological polar surface area (TPSA) is 66.4 Å². The standard InChI is InChI=1S/C15H20N4O2S/c1-18(22(2,20)21)12-7-9-19(10-8-12)15-11-16-13-5-3-4-6-14(13)17-15/h3-6,11-12H,7-10H2,1-2H3. The van der Waals surface area contributed by atoms with Crippen molar-refractivity contribution in [1.29, 1.82) is 0 Å². The Balaban J connectivity index is 1.72. The van der Waals surface area contributed by atoms with E-state index in [9.17, 15) is 8.42 Å². The quantitative estimate of drug-likeness (QED) is 0.857. The van der Waals surface area contributed by atoms with Gasteiger partial charge in [0.05, 0.1) is 23.5 Å². The van der Waals surface area contributed by atoms with Crippen LogP contribution in [0.4, 0.5) is 5.82 Å². The van der Waals surface area contributed by atoms with Gasteiger partial charge in [0.15, 0.2) is 0 Å². The molecular weight excluding hydrogens is 300 g/mol. The lowest BCUT2D eigenvalue weighted by Crippen LogP contribution is -2.45. The maximum absolute atomic E-state index is 11.6. The fourth-order valence-corrected chi connectivity index (χ4v) is 3.58. The Hall–Kier alpha value is -1.73. The van der Waals surface area contributed by atoms with Crippen LogP contribution in [0.3, 0.4) is 0 Å². The fraction of sp³-hybridized carbons (Fsp3) is 0.467. The van der Waals surface area contributed by atoms with Crippen LogP contribution in [0.15, 0.2) is 30.5 Å². The number of hydrogen-bond donors (Lipinski definition) is 0. The molecule has 1 fully saturated rings. The second-order valence-corrected chi connectivity index (χ2v) is 7.76. The zero-order valence-corrected chi connectivity index (χ0v) is 13.6. The lowest BCUT2D eigenvalue weighted by molar-refractivity contribution is 0.313. The van der Waals surface area contributed by atoms with E-state index in [4.69, 9.17) is 0 Å². The molecule has 0 aliphatic carbocycles. The molecule has 0 unspecified atom stereocenters. The van der Waals surface area contributed by atoms with Crippen molar-refractivity contribution in [2.45, 2.75) is 18.9 Å². The van der Waals surface area contributed by atoms with Gasteiger partial charge in [0, 0.05) is 26.2 Å². The van der Waals surface area contributed by atoms with Crippen LogP contribution in [0, 0.1) is 0 Å². The molecular formula is C15H20N4O2S. The van der Waals surface area contributed by atoms with Gasteiger partial charge in [-0.05, 0) is 25.0 Å². The van der Waals surface area contributed by atoms with E-state index in [2.05, 4.69) is 14.9 Å². The summed E-state index contributed by atoms with van der Waals surface area (Å²) in [5.74, 6) is 0.860. The zero-order valence-electron chi connectivity index (χ0n) is 12.8. The van der Waals surface area contributed by atoms with Crippen molar-refractivity contribution >= 4 is 26.9 Å². The molecule has 2 aromatic rings. The second-order valence-electron chi connectivity index (χ2n) is 5.71. The van der Waals surface area contributed by atoms with Crippen LogP contribution in [-0.4, -0.2) is 55.1 Å². The van der Waals surface area contributed by atoms with E-state index in [1.165, 1.54) is 10.6 Å². The molecule has 3 rings (SSSR count). The molecule has 6 nitrogen and oxygen atoms in total. The minimum atomic E-state index is -3.13. The first kappa shape index (κ1) is 15.2. The van der Waals surface area contributed by atoms with Crippen LogP contribution in [-0.2, 0) is 10.0 Å². The smallest absolute Gasteiger partial charge is 0.211 e. The largest absolute Gasteiger partial charge is 0.355 e. The van der Waals surface area contributed by atoms with Gasteiger partial charge in [0.25, 0.3) is 0 Å². The number of piperidine rings is 1. The molecule has 0 amide bonds. The average Bonchev–Trinajstić information content (AvgIpc) is 2.53. The lowest BCUT2D eigenvalue weighted by Gasteiger charge is -2.36. The Bertz CT molecular complexity index is 770. The minimum absolute atomic E-state index is 0.0691. The van der Waals surface area contributed by atoms with Gasteiger partial charge < -0.3 is 4.90 Å². The molecule has 1 saturated heterocycles. The predicted octanol–water partition coefficient (Wildman–Crippen LogP) is 1.49. The Morgan fingerprint density at radius 1 is 1.18 bits per heavy atom. The zero-order chi connectivity index (χ0) is 15.7. The monoisotopic (exact) mass is 320 g/mol. The highest BCUT2D eigenvalue weighted by atomic mass is 32.2. The van der Waals surface area contributed by atoms with Gasteiger partial charge in [-0.25, -0.2) is 17.7 Å². The summed E-state index contributed by atoms with van der Waals surface area (Å²) in [4.78, 5) is 11.3. The summed E-state index contributed by atoms with van der Waals surface area (Å²) >= 11 is 0. The predicted molar refractivity (Wildman–Crippen MR) is 87.4 cm³/mol. The molecule has 0 saturated carbocycles. The number of aromatic nitrogens is 2. The molecule has 0 spiro atoms. The number of sulfonamides is 1. The molecule has 1 aliphatic rings. The molecule has 1 aromatic carbocycles. The summed E-state index contributed by atoms with van der Waals surface area (Å²) in [6.07, 6.45) is 4.66. The van der Waals surface area contributed by atoms with E-state index >= 15 is 0 Å². The number of benzene rings is 1. The SMILES string of the molecule is CN(C1CCN(c2cnc3ccccc3n2)CC1)S(C)(=O)=O. The van der Waals surface area contributed by atoms with Crippen molar-refractivity contribution in [2.75, 3.05) is 31.3 Å². The van der Waals surface area contributed by atoms with Crippen LogP contribution in [0.2, 0.25) is 0 Å². The summed E-state index contributed by atoms with van der Waals surface area (Å²) in [7, 11) is -1.47. The highest BCUT2D eigenvalue weighted by Crippen LogP contribution is 2.22. The molecule has 7 heteroatoms. The molecule has 22 heavy (non-hydrogen) atoms. The van der Waals surface area contributed by atoms with Crippen molar-refractivity contribution in [3.05, 3.63) is 30.5 Å². The van der Waals surface area contributed by atoms with Gasteiger partial charge in [0.2, 0.25) is 10.0 Å². The van der Waals surface area contributed by atoms with Gasteiger partial charge >= 0.3 is 0 Å². The third kappa shape index (κ3) is 3.05. The first-order chi connectivity index (χ1) is 10.4. The summed E-state index contributed by atoms with van der Waals surface area (Å²) in [5.41, 5.74) is 1.77. The summed E-state index contributed by atoms with van der Waals surface area (Å²) in [5, 5.41) is 0. The number of fused-ring (bicyclic) bond motifs is 1. The van der Waals surface area contributed by atoms with Crippen LogP contribution in [0.25, 0.3) is 11.0 Å². The minimum Gasteiger partial charge on any atom is -0.355 e. The van der Waals surface area contributed by atoms with E-state index < -0.39 is 10.0 Å². The highest BCUT2D eigenvalue weighted by Gasteiger charge is 2.27. The van der Waals surface area contributed by atoms with E-state index in [0.717, 1.165) is 42.8 Å². The Morgan fingerprint density at radius 2 is 1.82 bits per heavy atom. The maximum Gasteiger partial charge on any atom is 0.211 e. The van der Waals surface area contributed by atoms with E-state index in [1.54, 1.807) is 13.2 Å². The fourth-order valence-electron chi connectivity index (χ4n) is 2.83. The van der Waals surface area contributed by atoms with Gasteiger partial charge in [0.1, 0.15) is 5.82 Å². The number of hydrogen-bond acceptors (Lipinski definition) is 5. The van der Waals surface area contributed by atoms with Crippen LogP contribution >= 0.6 is 0 Å². The molecule has 2 heterocycles. The van der Waals surface area contributed by atoms with E-state index in [1.807, 2.05) is 24.3 Å². The molecule has 0 N–H and O–H groups in total. The number of nitrogens with zero attached hydrogens (tertiary/aromatic N) is 4. The average molecular weight is 320 g/mol. The molecule has 1 aliphatic heterocycles. The molecule has 1 aromatic heterocycles. The van der Waals surface area contributed by atoms with E-state index in [0.29, 0.717) is 0 Å². The Morgan fingerprint density at radius 3 is 2.45 bits per heavy atom. The van der Waals surface area contributed by atoms with Gasteiger partial charge in [-0.1, -0.05) is 12.1 Å². The summed E-state index contributed by atoms with van der Waals surface area (Å²) < 4.78 is 24.7. The molecule has 0 atom stereocenters. The molecule has 0 radical (unpaired) electrons. The maximum atomic E-state index is 11.6. The van der Waals surface area contributed by atoms with Crippen molar-refractivity contribution in [3.63, 3.8) is 0 Å². The van der Waals surface area contributed by atoms with Crippen LogP contribution in [0.5, 0.6) is 0 Å². The van der Waals surface area contributed by atoms with Gasteiger partial charge in [-0.3, -0.25) is 4.98 Å². The second kappa shape index (κ2) is 5.81. The number of anilines is 1. The molecule has 118 valence electrons. The van der Waals surface area contributed by atoms with E-state index in [-0.39, 0.29) is 6.04 Å². The first-order valence-corrected chi connectivity index (χ1v) is 9.20. The number of para-hydroxylation sites is 2. The van der Waals surface area contributed by atoms with Gasteiger partial charge in [-0.15, -0.1) is 0 Å². The van der Waals surface area contributed by atoms with Crippen LogP contribution < -0.4 is 4.90 Å². The Labute approximate surface area is 130 Å². The lowest BCUT2D eigenvalue weighted by atomic mass is 10.1. The third-order valence-corrected chi connectivity index (χ3v) is 5.61. The molecule has 0 bridgehead atoms. The Kier molecular flexibility index (Phi) is 4.01. The third-order valence-electron chi connectivity index (χ3n) is 4.26. The normalized spacial score (nSPS) is 17.3. The van der Waals surface area contributed by atoms with Crippen molar-refractivity contribution < 1.29 is 8.42 Å². The highest BCUT2D eigenvalue weighted by molar-refractivity contribution is 7.88. The van der Waals surface area contributed by atoms with Crippen molar-refractivity contribution in [2.24, 2.45) is 0 Å². The van der Waals surface area contributed by atoms with Crippen LogP contribution in [0.1, 0.15) is 12.8 Å². The summed E-state index contributed by atoms with van der Waals surface area (Å²) in [6.45, 7) is 1.58. The van der Waals surface area contributed by atoms with Gasteiger partial charge in [-0.2, -0.15) is 0 Å².